The van der Waals surface area contributed by atoms with Crippen molar-refractivity contribution in [1.29, 1.82) is 0 Å². The van der Waals surface area contributed by atoms with Crippen LogP contribution in [-0.4, -0.2) is 44.2 Å². The second kappa shape index (κ2) is 8.86. The van der Waals surface area contributed by atoms with Crippen molar-refractivity contribution in [2.24, 2.45) is 0 Å². The summed E-state index contributed by atoms with van der Waals surface area (Å²) >= 11 is 6.02. The molecule has 1 aromatic rings. The quantitative estimate of drug-likeness (QED) is 0.789. The van der Waals surface area contributed by atoms with Gasteiger partial charge in [0.2, 0.25) is 0 Å². The molecule has 6 heteroatoms. The number of anilines is 1. The van der Waals surface area contributed by atoms with Crippen LogP contribution in [0.2, 0.25) is 5.02 Å². The van der Waals surface area contributed by atoms with Gasteiger partial charge in [0.15, 0.2) is 0 Å². The van der Waals surface area contributed by atoms with Gasteiger partial charge >= 0.3 is 6.03 Å². The van der Waals surface area contributed by atoms with Crippen molar-refractivity contribution >= 4 is 23.3 Å². The summed E-state index contributed by atoms with van der Waals surface area (Å²) in [4.78, 5) is 14.3. The molecule has 2 rings (SSSR count). The highest BCUT2D eigenvalue weighted by atomic mass is 35.5. The molecule has 0 radical (unpaired) electrons. The fourth-order valence-corrected chi connectivity index (χ4v) is 2.86. The number of ether oxygens (including phenoxy) is 1. The van der Waals surface area contributed by atoms with Gasteiger partial charge in [-0.2, -0.15) is 0 Å². The predicted octanol–water partition coefficient (Wildman–Crippen LogP) is 3.35. The normalized spacial score (nSPS) is 15.4. The van der Waals surface area contributed by atoms with Crippen molar-refractivity contribution in [3.63, 3.8) is 0 Å². The molecule has 5 nitrogen and oxygen atoms in total. The SMILES string of the molecule is COc1ccc(NC(=O)NCCCN2CCCCC2)cc1Cl. The number of benzene rings is 1. The van der Waals surface area contributed by atoms with Crippen LogP contribution in [0.3, 0.4) is 0 Å². The Morgan fingerprint density at radius 2 is 2.09 bits per heavy atom. The molecule has 22 heavy (non-hydrogen) atoms. The number of nitrogens with one attached hydrogen (secondary N) is 2. The highest BCUT2D eigenvalue weighted by molar-refractivity contribution is 6.32. The largest absolute Gasteiger partial charge is 0.495 e. The molecule has 1 fully saturated rings. The maximum Gasteiger partial charge on any atom is 0.319 e. The molecule has 1 aromatic carbocycles. The van der Waals surface area contributed by atoms with E-state index in [0.29, 0.717) is 23.0 Å². The van der Waals surface area contributed by atoms with Crippen LogP contribution < -0.4 is 15.4 Å². The summed E-state index contributed by atoms with van der Waals surface area (Å²) in [6.07, 6.45) is 4.91. The Bertz CT molecular complexity index is 490. The molecule has 2 amide bonds. The number of amides is 2. The maximum atomic E-state index is 11.8. The molecule has 0 spiro atoms. The average molecular weight is 326 g/mol. The van der Waals surface area contributed by atoms with E-state index in [9.17, 15) is 4.79 Å². The highest BCUT2D eigenvalue weighted by Crippen LogP contribution is 2.27. The van der Waals surface area contributed by atoms with E-state index in [-0.39, 0.29) is 6.03 Å². The molecular formula is C16H24ClN3O2. The standard InChI is InChI=1S/C16H24ClN3O2/c1-22-15-7-6-13(12-14(15)17)19-16(21)18-8-5-11-20-9-3-2-4-10-20/h6-7,12H,2-5,8-11H2,1H3,(H2,18,19,21). The van der Waals surface area contributed by atoms with Gasteiger partial charge < -0.3 is 20.3 Å². The van der Waals surface area contributed by atoms with E-state index in [1.54, 1.807) is 25.3 Å². The van der Waals surface area contributed by atoms with Gasteiger partial charge in [-0.05, 0) is 57.1 Å². The summed E-state index contributed by atoms with van der Waals surface area (Å²) in [5, 5.41) is 6.11. The minimum absolute atomic E-state index is 0.208. The molecule has 2 N–H and O–H groups in total. The molecule has 1 aliphatic heterocycles. The van der Waals surface area contributed by atoms with Crippen LogP contribution in [0.15, 0.2) is 18.2 Å². The van der Waals surface area contributed by atoms with Crippen LogP contribution in [-0.2, 0) is 0 Å². The number of urea groups is 1. The van der Waals surface area contributed by atoms with E-state index in [1.165, 1.54) is 32.4 Å². The van der Waals surface area contributed by atoms with Crippen LogP contribution in [0.25, 0.3) is 0 Å². The molecule has 122 valence electrons. The van der Waals surface area contributed by atoms with Gasteiger partial charge in [-0.3, -0.25) is 0 Å². The molecule has 0 saturated carbocycles. The second-order valence-electron chi connectivity index (χ2n) is 5.49. The van der Waals surface area contributed by atoms with Crippen molar-refractivity contribution in [3.05, 3.63) is 23.2 Å². The van der Waals surface area contributed by atoms with Gasteiger partial charge in [-0.1, -0.05) is 18.0 Å². The van der Waals surface area contributed by atoms with Gasteiger partial charge in [0.1, 0.15) is 5.75 Å². The summed E-state index contributed by atoms with van der Waals surface area (Å²) < 4.78 is 5.08. The minimum Gasteiger partial charge on any atom is -0.495 e. The lowest BCUT2D eigenvalue weighted by molar-refractivity contribution is 0.224. The third-order valence-electron chi connectivity index (χ3n) is 3.80. The Kier molecular flexibility index (Phi) is 6.80. The van der Waals surface area contributed by atoms with Crippen molar-refractivity contribution in [1.82, 2.24) is 10.2 Å². The van der Waals surface area contributed by atoms with Gasteiger partial charge in [-0.25, -0.2) is 4.79 Å². The lowest BCUT2D eigenvalue weighted by Crippen LogP contribution is -2.34. The highest BCUT2D eigenvalue weighted by Gasteiger charge is 2.09. The molecular weight excluding hydrogens is 302 g/mol. The van der Waals surface area contributed by atoms with Crippen LogP contribution in [0, 0.1) is 0 Å². The Hall–Kier alpha value is -1.46. The number of hydrogen-bond donors (Lipinski definition) is 2. The topological polar surface area (TPSA) is 53.6 Å². The number of methoxy groups -OCH3 is 1. The van der Waals surface area contributed by atoms with Crippen LogP contribution >= 0.6 is 11.6 Å². The number of carbonyl (C=O) groups is 1. The maximum absolute atomic E-state index is 11.8. The lowest BCUT2D eigenvalue weighted by atomic mass is 10.1. The Labute approximate surface area is 137 Å². The van der Waals surface area contributed by atoms with E-state index < -0.39 is 0 Å². The number of hydrogen-bond acceptors (Lipinski definition) is 3. The van der Waals surface area contributed by atoms with Gasteiger partial charge in [0, 0.05) is 12.2 Å². The Morgan fingerprint density at radius 1 is 1.32 bits per heavy atom. The first-order valence-electron chi connectivity index (χ1n) is 7.80. The number of piperidine rings is 1. The summed E-state index contributed by atoms with van der Waals surface area (Å²) in [5.74, 6) is 0.592. The summed E-state index contributed by atoms with van der Waals surface area (Å²) in [6.45, 7) is 4.11. The number of halogens is 1. The Balaban J connectivity index is 1.66. The second-order valence-corrected chi connectivity index (χ2v) is 5.89. The lowest BCUT2D eigenvalue weighted by Gasteiger charge is -2.26. The fourth-order valence-electron chi connectivity index (χ4n) is 2.61. The van der Waals surface area contributed by atoms with E-state index in [1.807, 2.05) is 0 Å². The first-order chi connectivity index (χ1) is 10.7. The summed E-state index contributed by atoms with van der Waals surface area (Å²) in [7, 11) is 1.56. The zero-order chi connectivity index (χ0) is 15.8. The van der Waals surface area contributed by atoms with Crippen LogP contribution in [0.4, 0.5) is 10.5 Å². The van der Waals surface area contributed by atoms with E-state index in [0.717, 1.165) is 13.0 Å². The summed E-state index contributed by atoms with van der Waals surface area (Å²) in [6, 6.07) is 4.96. The molecule has 1 aliphatic rings. The molecule has 0 atom stereocenters. The third-order valence-corrected chi connectivity index (χ3v) is 4.09. The molecule has 0 aliphatic carbocycles. The summed E-state index contributed by atoms with van der Waals surface area (Å²) in [5.41, 5.74) is 0.652. The first kappa shape index (κ1) is 16.9. The van der Waals surface area contributed by atoms with Crippen molar-refractivity contribution in [2.75, 3.05) is 38.6 Å². The van der Waals surface area contributed by atoms with Crippen molar-refractivity contribution < 1.29 is 9.53 Å². The number of likely N-dealkylation sites (tertiary alicyclic amines) is 1. The monoisotopic (exact) mass is 325 g/mol. The smallest absolute Gasteiger partial charge is 0.319 e. The fraction of sp³-hybridized carbons (Fsp3) is 0.562. The zero-order valence-electron chi connectivity index (χ0n) is 13.0. The van der Waals surface area contributed by atoms with E-state index in [2.05, 4.69) is 15.5 Å². The van der Waals surface area contributed by atoms with Crippen molar-refractivity contribution in [3.8, 4) is 5.75 Å². The van der Waals surface area contributed by atoms with E-state index >= 15 is 0 Å². The molecule has 0 bridgehead atoms. The molecule has 0 unspecified atom stereocenters. The van der Waals surface area contributed by atoms with Crippen LogP contribution in [0.5, 0.6) is 5.75 Å². The Morgan fingerprint density at radius 3 is 2.77 bits per heavy atom. The number of nitrogens with zero attached hydrogens (tertiary/aromatic N) is 1. The van der Waals surface area contributed by atoms with E-state index in [4.69, 9.17) is 16.3 Å². The molecule has 1 heterocycles. The van der Waals surface area contributed by atoms with Gasteiger partial charge in [0.05, 0.1) is 12.1 Å². The number of carbonyl (C=O) groups excluding carboxylic acids is 1. The van der Waals surface area contributed by atoms with Crippen LogP contribution in [0.1, 0.15) is 25.7 Å². The zero-order valence-corrected chi connectivity index (χ0v) is 13.8. The first-order valence-corrected chi connectivity index (χ1v) is 8.17. The van der Waals surface area contributed by atoms with Crippen molar-refractivity contribution in [2.45, 2.75) is 25.7 Å². The molecule has 1 saturated heterocycles. The third kappa shape index (κ3) is 5.39. The molecule has 0 aromatic heterocycles. The average Bonchev–Trinajstić information content (AvgIpc) is 2.53. The number of rotatable bonds is 6. The van der Waals surface area contributed by atoms with Gasteiger partial charge in [-0.15, -0.1) is 0 Å². The predicted molar refractivity (Wildman–Crippen MR) is 89.9 cm³/mol. The van der Waals surface area contributed by atoms with Gasteiger partial charge in [0.25, 0.3) is 0 Å². The minimum atomic E-state index is -0.208.